The Hall–Kier alpha value is -0.960. The second-order valence-electron chi connectivity index (χ2n) is 6.62. The summed E-state index contributed by atoms with van der Waals surface area (Å²) in [7, 11) is 0. The van der Waals surface area contributed by atoms with Gasteiger partial charge < -0.3 is 5.32 Å². The number of nitrogens with one attached hydrogen (secondary N) is 1. The van der Waals surface area contributed by atoms with Gasteiger partial charge in [0, 0.05) is 6.07 Å². The summed E-state index contributed by atoms with van der Waals surface area (Å²) in [5.74, 6) is 0.943. The maximum absolute atomic E-state index is 13.4. The molecule has 1 aromatic rings. The second-order valence-corrected chi connectivity index (χ2v) is 6.62. The van der Waals surface area contributed by atoms with Crippen molar-refractivity contribution in [3.8, 4) is 0 Å². The van der Waals surface area contributed by atoms with Crippen LogP contribution in [0.5, 0.6) is 0 Å². The van der Waals surface area contributed by atoms with E-state index in [4.69, 9.17) is 0 Å². The zero-order valence-corrected chi connectivity index (χ0v) is 13.2. The standard InChI is InChI=1S/C18H27F2N/c1-3-6-21-12-15-5-4-13(2)7-16(15)8-14-9-17(19)11-18(20)10-14/h9-11,13,15-16,21H,3-8,12H2,1-2H3. The van der Waals surface area contributed by atoms with E-state index in [2.05, 4.69) is 19.2 Å². The highest BCUT2D eigenvalue weighted by atomic mass is 19.1. The normalized spacial score (nSPS) is 26.0. The van der Waals surface area contributed by atoms with Gasteiger partial charge in [-0.2, -0.15) is 0 Å². The molecule has 21 heavy (non-hydrogen) atoms. The van der Waals surface area contributed by atoms with Crippen molar-refractivity contribution in [1.29, 1.82) is 0 Å². The molecule has 118 valence electrons. The maximum atomic E-state index is 13.4. The first-order chi connectivity index (χ1) is 10.1. The zero-order valence-electron chi connectivity index (χ0n) is 13.2. The van der Waals surface area contributed by atoms with Gasteiger partial charge in [-0.05, 0) is 74.2 Å². The van der Waals surface area contributed by atoms with Gasteiger partial charge in [-0.25, -0.2) is 8.78 Å². The molecule has 0 aliphatic heterocycles. The van der Waals surface area contributed by atoms with Crippen molar-refractivity contribution >= 4 is 0 Å². The first-order valence-corrected chi connectivity index (χ1v) is 8.24. The lowest BCUT2D eigenvalue weighted by Gasteiger charge is -2.35. The predicted molar refractivity (Wildman–Crippen MR) is 83.2 cm³/mol. The van der Waals surface area contributed by atoms with E-state index in [1.807, 2.05) is 0 Å². The number of halogens is 2. The first-order valence-electron chi connectivity index (χ1n) is 8.24. The monoisotopic (exact) mass is 295 g/mol. The Bertz CT molecular complexity index is 427. The molecule has 1 N–H and O–H groups in total. The van der Waals surface area contributed by atoms with Gasteiger partial charge in [0.1, 0.15) is 11.6 Å². The number of hydrogen-bond donors (Lipinski definition) is 1. The van der Waals surface area contributed by atoms with Gasteiger partial charge in [-0.1, -0.05) is 20.3 Å². The lowest BCUT2D eigenvalue weighted by molar-refractivity contribution is 0.183. The Morgan fingerprint density at radius 2 is 1.81 bits per heavy atom. The van der Waals surface area contributed by atoms with Crippen LogP contribution in [0.4, 0.5) is 8.78 Å². The molecule has 0 amide bonds. The highest BCUT2D eigenvalue weighted by Gasteiger charge is 2.28. The third-order valence-corrected chi connectivity index (χ3v) is 4.66. The molecule has 2 rings (SSSR count). The smallest absolute Gasteiger partial charge is 0.126 e. The Labute approximate surface area is 127 Å². The minimum absolute atomic E-state index is 0.463. The van der Waals surface area contributed by atoms with Gasteiger partial charge in [-0.15, -0.1) is 0 Å². The van der Waals surface area contributed by atoms with Crippen molar-refractivity contribution in [2.45, 2.75) is 46.0 Å². The molecule has 0 heterocycles. The fourth-order valence-corrected chi connectivity index (χ4v) is 3.58. The van der Waals surface area contributed by atoms with Gasteiger partial charge in [0.25, 0.3) is 0 Å². The number of rotatable bonds is 6. The minimum atomic E-state index is -0.463. The highest BCUT2D eigenvalue weighted by molar-refractivity contribution is 5.18. The first kappa shape index (κ1) is 16.4. The van der Waals surface area contributed by atoms with Crippen molar-refractivity contribution in [2.24, 2.45) is 17.8 Å². The molecular weight excluding hydrogens is 268 g/mol. The quantitative estimate of drug-likeness (QED) is 0.759. The fourth-order valence-electron chi connectivity index (χ4n) is 3.58. The van der Waals surface area contributed by atoms with E-state index >= 15 is 0 Å². The summed E-state index contributed by atoms with van der Waals surface area (Å²) >= 11 is 0. The molecule has 1 aliphatic carbocycles. The Balaban J connectivity index is 2.01. The van der Waals surface area contributed by atoms with Crippen molar-refractivity contribution in [3.05, 3.63) is 35.4 Å². The number of benzene rings is 1. The SMILES string of the molecule is CCCNCC1CCC(C)CC1Cc1cc(F)cc(F)c1. The van der Waals surface area contributed by atoms with Crippen LogP contribution in [0.3, 0.4) is 0 Å². The van der Waals surface area contributed by atoms with E-state index in [9.17, 15) is 8.78 Å². The van der Waals surface area contributed by atoms with Crippen molar-refractivity contribution in [2.75, 3.05) is 13.1 Å². The van der Waals surface area contributed by atoms with Crippen molar-refractivity contribution in [1.82, 2.24) is 5.32 Å². The third kappa shape index (κ3) is 5.06. The molecule has 3 unspecified atom stereocenters. The zero-order chi connectivity index (χ0) is 15.2. The molecule has 1 nitrogen and oxygen atoms in total. The Kier molecular flexibility index (Phi) is 6.16. The lowest BCUT2D eigenvalue weighted by Crippen LogP contribution is -2.34. The molecule has 1 aromatic carbocycles. The molecule has 3 heteroatoms. The molecule has 1 fully saturated rings. The topological polar surface area (TPSA) is 12.0 Å². The summed E-state index contributed by atoms with van der Waals surface area (Å²) in [5.41, 5.74) is 0.798. The molecule has 1 aliphatic rings. The van der Waals surface area contributed by atoms with Gasteiger partial charge in [0.05, 0.1) is 0 Å². The van der Waals surface area contributed by atoms with Crippen LogP contribution in [0.1, 0.15) is 45.1 Å². The van der Waals surface area contributed by atoms with Crippen LogP contribution >= 0.6 is 0 Å². The van der Waals surface area contributed by atoms with E-state index in [0.29, 0.717) is 11.8 Å². The molecule has 3 atom stereocenters. The minimum Gasteiger partial charge on any atom is -0.316 e. The van der Waals surface area contributed by atoms with E-state index in [1.165, 1.54) is 25.0 Å². The summed E-state index contributed by atoms with van der Waals surface area (Å²) in [5, 5.41) is 3.51. The van der Waals surface area contributed by atoms with Gasteiger partial charge in [0.15, 0.2) is 0 Å². The second kappa shape index (κ2) is 7.88. The van der Waals surface area contributed by atoms with Gasteiger partial charge in [0.2, 0.25) is 0 Å². The largest absolute Gasteiger partial charge is 0.316 e. The molecule has 0 aromatic heterocycles. The molecule has 0 spiro atoms. The van der Waals surface area contributed by atoms with Crippen LogP contribution in [-0.4, -0.2) is 13.1 Å². The molecule has 0 saturated heterocycles. The van der Waals surface area contributed by atoms with E-state index in [-0.39, 0.29) is 0 Å². The maximum Gasteiger partial charge on any atom is 0.126 e. The van der Waals surface area contributed by atoms with Crippen molar-refractivity contribution < 1.29 is 8.78 Å². The average Bonchev–Trinajstić information content (AvgIpc) is 2.40. The van der Waals surface area contributed by atoms with Crippen LogP contribution in [-0.2, 0) is 6.42 Å². The molecule has 0 bridgehead atoms. The van der Waals surface area contributed by atoms with Crippen LogP contribution in [0.15, 0.2) is 18.2 Å². The summed E-state index contributed by atoms with van der Waals surface area (Å²) in [6.07, 6.45) is 5.59. The van der Waals surface area contributed by atoms with Crippen LogP contribution in [0.2, 0.25) is 0 Å². The predicted octanol–water partition coefficient (Wildman–Crippen LogP) is 4.56. The summed E-state index contributed by atoms with van der Waals surface area (Å²) in [4.78, 5) is 0. The number of hydrogen-bond acceptors (Lipinski definition) is 1. The summed E-state index contributed by atoms with van der Waals surface area (Å²) < 4.78 is 26.7. The van der Waals surface area contributed by atoms with Crippen molar-refractivity contribution in [3.63, 3.8) is 0 Å². The third-order valence-electron chi connectivity index (χ3n) is 4.66. The molecular formula is C18H27F2N. The van der Waals surface area contributed by atoms with E-state index in [0.717, 1.165) is 49.9 Å². The Morgan fingerprint density at radius 1 is 1.10 bits per heavy atom. The Morgan fingerprint density at radius 3 is 2.48 bits per heavy atom. The van der Waals surface area contributed by atoms with E-state index in [1.54, 1.807) is 0 Å². The lowest BCUT2D eigenvalue weighted by atomic mass is 9.72. The summed E-state index contributed by atoms with van der Waals surface area (Å²) in [6, 6.07) is 3.92. The highest BCUT2D eigenvalue weighted by Crippen LogP contribution is 2.35. The average molecular weight is 295 g/mol. The van der Waals surface area contributed by atoms with Crippen LogP contribution in [0.25, 0.3) is 0 Å². The fraction of sp³-hybridized carbons (Fsp3) is 0.667. The van der Waals surface area contributed by atoms with Gasteiger partial charge >= 0.3 is 0 Å². The molecule has 1 saturated carbocycles. The van der Waals surface area contributed by atoms with Crippen LogP contribution < -0.4 is 5.32 Å². The summed E-state index contributed by atoms with van der Waals surface area (Å²) in [6.45, 7) is 6.54. The van der Waals surface area contributed by atoms with Crippen LogP contribution in [0, 0.1) is 29.4 Å². The van der Waals surface area contributed by atoms with Gasteiger partial charge in [-0.3, -0.25) is 0 Å². The molecule has 0 radical (unpaired) electrons. The van der Waals surface area contributed by atoms with E-state index < -0.39 is 11.6 Å².